The maximum atomic E-state index is 12.0. The van der Waals surface area contributed by atoms with Crippen molar-refractivity contribution in [3.05, 3.63) is 68.7 Å². The Kier molecular flexibility index (Phi) is 6.67. The van der Waals surface area contributed by atoms with E-state index in [-0.39, 0.29) is 12.5 Å². The molecule has 2 rings (SSSR count). The minimum absolute atomic E-state index is 0.103. The van der Waals surface area contributed by atoms with Gasteiger partial charge in [-0.25, -0.2) is 0 Å². The third-order valence-electron chi connectivity index (χ3n) is 3.07. The number of methoxy groups -OCH3 is 1. The van der Waals surface area contributed by atoms with E-state index in [0.717, 1.165) is 5.56 Å². The van der Waals surface area contributed by atoms with Gasteiger partial charge in [-0.3, -0.25) is 14.9 Å². The van der Waals surface area contributed by atoms with E-state index in [1.807, 2.05) is 0 Å². The predicted molar refractivity (Wildman–Crippen MR) is 97.4 cm³/mol. The Morgan fingerprint density at radius 1 is 1.28 bits per heavy atom. The molecule has 0 fully saturated rings. The molecule has 25 heavy (non-hydrogen) atoms. The Labute approximate surface area is 152 Å². The molecule has 0 bridgehead atoms. The first-order valence-electron chi connectivity index (χ1n) is 7.14. The van der Waals surface area contributed by atoms with E-state index in [2.05, 4.69) is 21.2 Å². The molecule has 2 aromatic carbocycles. The third-order valence-corrected chi connectivity index (χ3v) is 3.76. The van der Waals surface area contributed by atoms with E-state index >= 15 is 0 Å². The van der Waals surface area contributed by atoms with Crippen LogP contribution in [0.5, 0.6) is 5.75 Å². The number of carbonyl (C=O) groups excluding carboxylic acids is 1. The number of nitrogens with zero attached hydrogens (tertiary/aromatic N) is 1. The third kappa shape index (κ3) is 5.70. The Morgan fingerprint density at radius 3 is 2.64 bits per heavy atom. The van der Waals surface area contributed by atoms with Gasteiger partial charge >= 0.3 is 0 Å². The Balaban J connectivity index is 2.01. The van der Waals surface area contributed by atoms with Crippen molar-refractivity contribution in [3.8, 4) is 5.75 Å². The van der Waals surface area contributed by atoms with Crippen molar-refractivity contribution in [2.45, 2.75) is 0 Å². The molecule has 0 radical (unpaired) electrons. The van der Waals surface area contributed by atoms with E-state index in [9.17, 15) is 14.9 Å². The van der Waals surface area contributed by atoms with Gasteiger partial charge in [0.05, 0.1) is 10.6 Å². The van der Waals surface area contributed by atoms with E-state index < -0.39 is 10.8 Å². The molecule has 0 saturated heterocycles. The molecule has 0 spiro atoms. The SMILES string of the molecule is COCOc1ccc(/C=C/C(=O)Nc2cc([N+](=O)[O-])ccc2Br)cc1. The van der Waals surface area contributed by atoms with Gasteiger partial charge in [-0.05, 0) is 45.8 Å². The number of ether oxygens (including phenoxy) is 2. The number of amides is 1. The van der Waals surface area contributed by atoms with Gasteiger partial charge in [-0.1, -0.05) is 12.1 Å². The summed E-state index contributed by atoms with van der Waals surface area (Å²) in [5.41, 5.74) is 1.03. The zero-order valence-electron chi connectivity index (χ0n) is 13.3. The van der Waals surface area contributed by atoms with Crippen LogP contribution in [-0.4, -0.2) is 24.7 Å². The van der Waals surface area contributed by atoms with Crippen molar-refractivity contribution in [2.24, 2.45) is 0 Å². The summed E-state index contributed by atoms with van der Waals surface area (Å²) in [6, 6.07) is 11.2. The molecule has 0 aliphatic rings. The number of nitro groups is 1. The molecule has 130 valence electrons. The van der Waals surface area contributed by atoms with Gasteiger partial charge in [0.2, 0.25) is 5.91 Å². The highest BCUT2D eigenvalue weighted by atomic mass is 79.9. The topological polar surface area (TPSA) is 90.7 Å². The van der Waals surface area contributed by atoms with E-state index in [1.165, 1.54) is 31.4 Å². The number of rotatable bonds is 7. The zero-order chi connectivity index (χ0) is 18.2. The van der Waals surface area contributed by atoms with Gasteiger partial charge in [0.1, 0.15) is 5.75 Å². The number of hydrogen-bond acceptors (Lipinski definition) is 5. The van der Waals surface area contributed by atoms with Crippen LogP contribution in [0.15, 0.2) is 53.0 Å². The van der Waals surface area contributed by atoms with Crippen molar-refractivity contribution >= 4 is 39.3 Å². The zero-order valence-corrected chi connectivity index (χ0v) is 14.9. The average molecular weight is 407 g/mol. The fourth-order valence-electron chi connectivity index (χ4n) is 1.87. The number of carbonyl (C=O) groups is 1. The van der Waals surface area contributed by atoms with Gasteiger partial charge in [-0.2, -0.15) is 0 Å². The summed E-state index contributed by atoms with van der Waals surface area (Å²) in [6.45, 7) is 0.162. The summed E-state index contributed by atoms with van der Waals surface area (Å²) in [5, 5.41) is 13.4. The van der Waals surface area contributed by atoms with E-state index in [0.29, 0.717) is 15.9 Å². The lowest BCUT2D eigenvalue weighted by atomic mass is 10.2. The van der Waals surface area contributed by atoms with Crippen molar-refractivity contribution < 1.29 is 19.2 Å². The number of nitrogens with one attached hydrogen (secondary N) is 1. The number of non-ortho nitro benzene ring substituents is 1. The second kappa shape index (κ2) is 8.95. The summed E-state index contributed by atoms with van der Waals surface area (Å²) in [7, 11) is 1.54. The number of halogens is 1. The van der Waals surface area contributed by atoms with E-state index in [1.54, 1.807) is 30.3 Å². The molecule has 0 unspecified atom stereocenters. The highest BCUT2D eigenvalue weighted by molar-refractivity contribution is 9.10. The van der Waals surface area contributed by atoms with Crippen LogP contribution in [0.3, 0.4) is 0 Å². The number of benzene rings is 2. The van der Waals surface area contributed by atoms with Crippen LogP contribution in [0.2, 0.25) is 0 Å². The Bertz CT molecular complexity index is 790. The second-order valence-corrected chi connectivity index (χ2v) is 5.72. The van der Waals surface area contributed by atoms with Crippen LogP contribution < -0.4 is 10.1 Å². The second-order valence-electron chi connectivity index (χ2n) is 4.86. The fraction of sp³-hybridized carbons (Fsp3) is 0.118. The molecular weight excluding hydrogens is 392 g/mol. The first-order valence-corrected chi connectivity index (χ1v) is 7.93. The van der Waals surface area contributed by atoms with Crippen LogP contribution >= 0.6 is 15.9 Å². The molecule has 0 heterocycles. The number of hydrogen-bond donors (Lipinski definition) is 1. The molecule has 0 saturated carbocycles. The van der Waals surface area contributed by atoms with Gasteiger partial charge in [0.25, 0.3) is 5.69 Å². The Morgan fingerprint density at radius 2 is 2.00 bits per heavy atom. The van der Waals surface area contributed by atoms with Crippen LogP contribution in [0, 0.1) is 10.1 Å². The standard InChI is InChI=1S/C17H15BrN2O5/c1-24-11-25-14-6-2-12(3-7-14)4-9-17(21)19-16-10-13(20(22)23)5-8-15(16)18/h2-10H,11H2,1H3,(H,19,21)/b9-4+. The molecular formula is C17H15BrN2O5. The molecule has 0 aliphatic carbocycles. The lowest BCUT2D eigenvalue weighted by Gasteiger charge is -2.05. The van der Waals surface area contributed by atoms with Crippen molar-refractivity contribution in [1.29, 1.82) is 0 Å². The fourth-order valence-corrected chi connectivity index (χ4v) is 2.22. The smallest absolute Gasteiger partial charge is 0.271 e. The lowest BCUT2D eigenvalue weighted by molar-refractivity contribution is -0.384. The summed E-state index contributed by atoms with van der Waals surface area (Å²) >= 11 is 3.25. The van der Waals surface area contributed by atoms with Crippen LogP contribution in [-0.2, 0) is 9.53 Å². The molecule has 0 atom stereocenters. The monoisotopic (exact) mass is 406 g/mol. The normalized spacial score (nSPS) is 10.6. The van der Waals surface area contributed by atoms with Gasteiger partial charge in [0.15, 0.2) is 6.79 Å². The molecule has 0 aromatic heterocycles. The maximum absolute atomic E-state index is 12.0. The van der Waals surface area contributed by atoms with Crippen LogP contribution in [0.4, 0.5) is 11.4 Å². The van der Waals surface area contributed by atoms with Crippen molar-refractivity contribution in [3.63, 3.8) is 0 Å². The summed E-state index contributed by atoms with van der Waals surface area (Å²) in [4.78, 5) is 22.3. The molecule has 8 heteroatoms. The molecule has 7 nitrogen and oxygen atoms in total. The van der Waals surface area contributed by atoms with Gasteiger partial charge < -0.3 is 14.8 Å². The minimum Gasteiger partial charge on any atom is -0.468 e. The van der Waals surface area contributed by atoms with Crippen LogP contribution in [0.1, 0.15) is 5.56 Å². The largest absolute Gasteiger partial charge is 0.468 e. The molecule has 2 aromatic rings. The lowest BCUT2D eigenvalue weighted by Crippen LogP contribution is -2.08. The maximum Gasteiger partial charge on any atom is 0.271 e. The van der Waals surface area contributed by atoms with Gasteiger partial charge in [0, 0.05) is 29.8 Å². The number of nitro benzene ring substituents is 1. The molecule has 0 aliphatic heterocycles. The highest BCUT2D eigenvalue weighted by Crippen LogP contribution is 2.27. The molecule has 1 amide bonds. The quantitative estimate of drug-likeness (QED) is 0.324. The summed E-state index contributed by atoms with van der Waals surface area (Å²) in [5.74, 6) is 0.255. The predicted octanol–water partition coefficient (Wildman–Crippen LogP) is 3.99. The minimum atomic E-state index is -0.523. The average Bonchev–Trinajstić information content (AvgIpc) is 2.60. The first kappa shape index (κ1) is 18.6. The first-order chi connectivity index (χ1) is 12.0. The highest BCUT2D eigenvalue weighted by Gasteiger charge is 2.10. The van der Waals surface area contributed by atoms with Gasteiger partial charge in [-0.15, -0.1) is 0 Å². The van der Waals surface area contributed by atoms with E-state index in [4.69, 9.17) is 9.47 Å². The number of anilines is 1. The summed E-state index contributed by atoms with van der Waals surface area (Å²) < 4.78 is 10.6. The molecule has 1 N–H and O–H groups in total. The summed E-state index contributed by atoms with van der Waals surface area (Å²) in [6.07, 6.45) is 2.97. The Hall–Kier alpha value is -2.71. The van der Waals surface area contributed by atoms with Crippen molar-refractivity contribution in [2.75, 3.05) is 19.2 Å². The van der Waals surface area contributed by atoms with Crippen LogP contribution in [0.25, 0.3) is 6.08 Å². The van der Waals surface area contributed by atoms with Crippen molar-refractivity contribution in [1.82, 2.24) is 0 Å².